The van der Waals surface area contributed by atoms with E-state index in [4.69, 9.17) is 20.3 Å². The molecule has 2 nitrogen and oxygen atoms in total. The molecule has 0 N–H and O–H groups in total. The summed E-state index contributed by atoms with van der Waals surface area (Å²) < 4.78 is 10.1. The molecule has 0 radical (unpaired) electrons. The summed E-state index contributed by atoms with van der Waals surface area (Å²) in [5.41, 5.74) is 0. The van der Waals surface area contributed by atoms with E-state index in [0.717, 1.165) is 0 Å². The Morgan fingerprint density at radius 3 is 1.89 bits per heavy atom. The Balaban J connectivity index is 3.58. The SMILES string of the molecule is CCOP(Cl)(=[Se])OCC. The predicted molar refractivity (Wildman–Crippen MR) is 41.8 cm³/mol. The molecule has 0 aliphatic carbocycles. The van der Waals surface area contributed by atoms with Crippen molar-refractivity contribution in [1.29, 1.82) is 0 Å². The summed E-state index contributed by atoms with van der Waals surface area (Å²) in [6.07, 6.45) is 0. The van der Waals surface area contributed by atoms with Crippen molar-refractivity contribution in [2.24, 2.45) is 0 Å². The van der Waals surface area contributed by atoms with Crippen molar-refractivity contribution in [3.8, 4) is 0 Å². The fourth-order valence-corrected chi connectivity index (χ4v) is 2.95. The van der Waals surface area contributed by atoms with E-state index in [1.807, 2.05) is 13.8 Å². The van der Waals surface area contributed by atoms with Crippen LogP contribution >= 0.6 is 16.6 Å². The second-order valence-corrected chi connectivity index (χ2v) is 8.37. The Hall–Kier alpha value is 1.16. The molecule has 0 saturated carbocycles. The van der Waals surface area contributed by atoms with E-state index in [-0.39, 0.29) is 0 Å². The van der Waals surface area contributed by atoms with Crippen LogP contribution in [0.4, 0.5) is 0 Å². The van der Waals surface area contributed by atoms with Gasteiger partial charge in [0, 0.05) is 0 Å². The molecule has 0 fully saturated rings. The summed E-state index contributed by atoms with van der Waals surface area (Å²) in [6.45, 7) is 4.94. The van der Waals surface area contributed by atoms with Crippen molar-refractivity contribution in [3.05, 3.63) is 0 Å². The molecule has 0 aliphatic heterocycles. The molecule has 0 heterocycles. The van der Waals surface area contributed by atoms with Gasteiger partial charge in [0.2, 0.25) is 0 Å². The quantitative estimate of drug-likeness (QED) is 0.549. The first-order chi connectivity index (χ1) is 4.12. The van der Waals surface area contributed by atoms with E-state index in [2.05, 4.69) is 15.1 Å². The van der Waals surface area contributed by atoms with Gasteiger partial charge in [0.1, 0.15) is 0 Å². The van der Waals surface area contributed by atoms with Crippen molar-refractivity contribution < 1.29 is 9.05 Å². The van der Waals surface area contributed by atoms with Crippen LogP contribution in [0.3, 0.4) is 0 Å². The van der Waals surface area contributed by atoms with E-state index in [9.17, 15) is 0 Å². The fourth-order valence-electron chi connectivity index (χ4n) is 0.346. The monoisotopic (exact) mass is 236 g/mol. The third-order valence-corrected chi connectivity index (χ3v) is 3.61. The van der Waals surface area contributed by atoms with Crippen molar-refractivity contribution in [3.63, 3.8) is 0 Å². The van der Waals surface area contributed by atoms with E-state index in [1.54, 1.807) is 0 Å². The van der Waals surface area contributed by atoms with Crippen molar-refractivity contribution in [2.75, 3.05) is 13.2 Å². The summed E-state index contributed by atoms with van der Waals surface area (Å²) in [6, 6.07) is 0. The molecule has 0 bridgehead atoms. The molecule has 56 valence electrons. The van der Waals surface area contributed by atoms with Crippen LogP contribution in [0, 0.1) is 0 Å². The molecule has 0 spiro atoms. The first-order valence-electron chi connectivity index (χ1n) is 2.71. The summed E-state index contributed by atoms with van der Waals surface area (Å²) in [7, 11) is 0. The third-order valence-electron chi connectivity index (χ3n) is 0.567. The van der Waals surface area contributed by atoms with E-state index >= 15 is 0 Å². The van der Waals surface area contributed by atoms with Crippen LogP contribution in [-0.2, 0) is 9.05 Å². The average molecular weight is 236 g/mol. The van der Waals surface area contributed by atoms with Crippen LogP contribution < -0.4 is 0 Å². The summed E-state index contributed by atoms with van der Waals surface area (Å²) in [5, 5.41) is -2.10. The van der Waals surface area contributed by atoms with Gasteiger partial charge < -0.3 is 0 Å². The minimum absolute atomic E-state index is 0.588. The van der Waals surface area contributed by atoms with Gasteiger partial charge >= 0.3 is 67.8 Å². The van der Waals surface area contributed by atoms with Crippen molar-refractivity contribution in [2.45, 2.75) is 13.8 Å². The molecule has 0 atom stereocenters. The maximum absolute atomic E-state index is 5.75. The topological polar surface area (TPSA) is 18.5 Å². The second kappa shape index (κ2) is 4.90. The molecule has 0 aliphatic rings. The Kier molecular flexibility index (Phi) is 5.53. The predicted octanol–water partition coefficient (Wildman–Crippen LogP) is 2.14. The Morgan fingerprint density at radius 1 is 1.33 bits per heavy atom. The molecule has 0 unspecified atom stereocenters. The molecule has 5 heteroatoms. The number of halogens is 1. The van der Waals surface area contributed by atoms with Gasteiger partial charge in [-0.15, -0.1) is 0 Å². The summed E-state index contributed by atoms with van der Waals surface area (Å²) >= 11 is 8.43. The van der Waals surface area contributed by atoms with Gasteiger partial charge in [-0.25, -0.2) is 0 Å². The minimum atomic E-state index is -2.10. The fraction of sp³-hybridized carbons (Fsp3) is 1.00. The molecule has 0 aromatic heterocycles. The van der Waals surface area contributed by atoms with Gasteiger partial charge in [0.25, 0.3) is 0 Å². The molecule has 0 rings (SSSR count). The molecular weight excluding hydrogens is 225 g/mol. The zero-order valence-corrected chi connectivity index (χ0v) is 8.83. The van der Waals surface area contributed by atoms with Crippen LogP contribution in [0.1, 0.15) is 13.8 Å². The van der Waals surface area contributed by atoms with Gasteiger partial charge in [-0.1, -0.05) is 0 Å². The van der Waals surface area contributed by atoms with Gasteiger partial charge in [-0.05, 0) is 0 Å². The molecule has 0 amide bonds. The normalized spacial score (nSPS) is 11.9. The first kappa shape index (κ1) is 10.2. The number of hydrogen-bond acceptors (Lipinski definition) is 2. The van der Waals surface area contributed by atoms with E-state index in [1.165, 1.54) is 0 Å². The Bertz CT molecular complexity index is 109. The second-order valence-electron chi connectivity index (χ2n) is 1.27. The average Bonchev–Trinajstić information content (AvgIpc) is 1.64. The van der Waals surface area contributed by atoms with Crippen LogP contribution in [-0.4, -0.2) is 28.3 Å². The number of rotatable bonds is 4. The number of hydrogen-bond donors (Lipinski definition) is 0. The molecule has 0 aromatic carbocycles. The van der Waals surface area contributed by atoms with Crippen LogP contribution in [0.5, 0.6) is 0 Å². The van der Waals surface area contributed by atoms with Gasteiger partial charge in [0.05, 0.1) is 0 Å². The van der Waals surface area contributed by atoms with Crippen LogP contribution in [0.2, 0.25) is 0 Å². The summed E-state index contributed by atoms with van der Waals surface area (Å²) in [4.78, 5) is 0. The van der Waals surface area contributed by atoms with E-state index in [0.29, 0.717) is 13.2 Å². The van der Waals surface area contributed by atoms with Crippen LogP contribution in [0.15, 0.2) is 0 Å². The van der Waals surface area contributed by atoms with Crippen LogP contribution in [0.25, 0.3) is 0 Å². The van der Waals surface area contributed by atoms with Gasteiger partial charge in [0.15, 0.2) is 0 Å². The Labute approximate surface area is 68.0 Å². The zero-order chi connectivity index (χ0) is 7.33. The molecule has 0 saturated heterocycles. The van der Waals surface area contributed by atoms with Crippen molar-refractivity contribution >= 4 is 31.7 Å². The maximum atomic E-state index is 5.75. The molecule has 9 heavy (non-hydrogen) atoms. The van der Waals surface area contributed by atoms with E-state index < -0.39 is 5.32 Å². The first-order valence-corrected chi connectivity index (χ1v) is 7.45. The Morgan fingerprint density at radius 2 is 1.67 bits per heavy atom. The summed E-state index contributed by atoms with van der Waals surface area (Å²) in [5.74, 6) is 0. The zero-order valence-electron chi connectivity index (χ0n) is 5.46. The van der Waals surface area contributed by atoms with Crippen molar-refractivity contribution in [1.82, 2.24) is 0 Å². The van der Waals surface area contributed by atoms with Gasteiger partial charge in [-0.3, -0.25) is 0 Å². The van der Waals surface area contributed by atoms with Gasteiger partial charge in [-0.2, -0.15) is 0 Å². The standard InChI is InChI=1S/C4H10ClO2PSe/c1-3-6-8(5,9)7-4-2/h3-4H2,1-2H3. The molecular formula is C4H10ClO2PSe. The third kappa shape index (κ3) is 5.60. The molecule has 0 aromatic rings.